The Morgan fingerprint density at radius 1 is 1.62 bits per heavy atom. The summed E-state index contributed by atoms with van der Waals surface area (Å²) in [5, 5.41) is 12.6. The van der Waals surface area contributed by atoms with Gasteiger partial charge in [-0.05, 0) is 30.5 Å². The fourth-order valence-electron chi connectivity index (χ4n) is 1.84. The SMILES string of the molecule is CCC1CC1Nc1ccc(C(=O)O)cc1Cl. The third kappa shape index (κ3) is 2.30. The van der Waals surface area contributed by atoms with Crippen LogP contribution in [0.25, 0.3) is 0 Å². The van der Waals surface area contributed by atoms with Gasteiger partial charge in [0, 0.05) is 6.04 Å². The van der Waals surface area contributed by atoms with Crippen molar-refractivity contribution in [3.63, 3.8) is 0 Å². The minimum atomic E-state index is -0.952. The van der Waals surface area contributed by atoms with Gasteiger partial charge in [0.05, 0.1) is 16.3 Å². The molecule has 86 valence electrons. The van der Waals surface area contributed by atoms with Gasteiger partial charge in [0.15, 0.2) is 0 Å². The van der Waals surface area contributed by atoms with Crippen molar-refractivity contribution in [1.82, 2.24) is 0 Å². The van der Waals surface area contributed by atoms with Crippen LogP contribution in [0.3, 0.4) is 0 Å². The Balaban J connectivity index is 2.08. The van der Waals surface area contributed by atoms with Crippen LogP contribution in [0.15, 0.2) is 18.2 Å². The van der Waals surface area contributed by atoms with E-state index in [1.54, 1.807) is 12.1 Å². The summed E-state index contributed by atoms with van der Waals surface area (Å²) in [6.45, 7) is 2.17. The molecule has 0 heterocycles. The molecule has 0 amide bonds. The molecule has 1 aromatic carbocycles. The number of carbonyl (C=O) groups is 1. The third-order valence-electron chi connectivity index (χ3n) is 3.00. The van der Waals surface area contributed by atoms with Crippen LogP contribution in [0.2, 0.25) is 5.02 Å². The summed E-state index contributed by atoms with van der Waals surface area (Å²) in [7, 11) is 0. The normalized spacial score (nSPS) is 22.9. The fraction of sp³-hybridized carbons (Fsp3) is 0.417. The van der Waals surface area contributed by atoms with Crippen molar-refractivity contribution < 1.29 is 9.90 Å². The highest BCUT2D eigenvalue weighted by Crippen LogP contribution is 2.37. The molecule has 2 unspecified atom stereocenters. The summed E-state index contributed by atoms with van der Waals surface area (Å²) in [4.78, 5) is 10.7. The van der Waals surface area contributed by atoms with Gasteiger partial charge in [-0.2, -0.15) is 0 Å². The number of carboxylic acids is 1. The molecule has 0 radical (unpaired) electrons. The number of halogens is 1. The van der Waals surface area contributed by atoms with Gasteiger partial charge in [-0.15, -0.1) is 0 Å². The van der Waals surface area contributed by atoms with Crippen LogP contribution in [0.1, 0.15) is 30.1 Å². The van der Waals surface area contributed by atoms with E-state index < -0.39 is 5.97 Å². The number of benzene rings is 1. The molecule has 0 spiro atoms. The van der Waals surface area contributed by atoms with Crippen LogP contribution in [-0.4, -0.2) is 17.1 Å². The molecule has 3 nitrogen and oxygen atoms in total. The number of nitrogens with one attached hydrogen (secondary N) is 1. The highest BCUT2D eigenvalue weighted by Gasteiger charge is 2.35. The maximum Gasteiger partial charge on any atom is 0.335 e. The van der Waals surface area contributed by atoms with Gasteiger partial charge >= 0.3 is 5.97 Å². The quantitative estimate of drug-likeness (QED) is 0.848. The molecule has 2 N–H and O–H groups in total. The van der Waals surface area contributed by atoms with Crippen LogP contribution >= 0.6 is 11.6 Å². The largest absolute Gasteiger partial charge is 0.478 e. The standard InChI is InChI=1S/C12H14ClNO2/c1-2-7-6-11(7)14-10-4-3-8(12(15)16)5-9(10)13/h3-5,7,11,14H,2,6H2,1H3,(H,15,16). The van der Waals surface area contributed by atoms with Gasteiger partial charge in [-0.3, -0.25) is 0 Å². The number of hydrogen-bond acceptors (Lipinski definition) is 2. The smallest absolute Gasteiger partial charge is 0.335 e. The van der Waals surface area contributed by atoms with Crippen LogP contribution in [-0.2, 0) is 0 Å². The molecule has 4 heteroatoms. The first-order valence-corrected chi connectivity index (χ1v) is 5.79. The van der Waals surface area contributed by atoms with Gasteiger partial charge in [0.25, 0.3) is 0 Å². The van der Waals surface area contributed by atoms with Crippen molar-refractivity contribution in [2.75, 3.05) is 5.32 Å². The van der Waals surface area contributed by atoms with Crippen LogP contribution < -0.4 is 5.32 Å². The molecule has 0 aliphatic heterocycles. The van der Waals surface area contributed by atoms with Crippen LogP contribution in [0.5, 0.6) is 0 Å². The topological polar surface area (TPSA) is 49.3 Å². The van der Waals surface area contributed by atoms with Gasteiger partial charge in [-0.25, -0.2) is 4.79 Å². The Labute approximate surface area is 99.4 Å². The van der Waals surface area contributed by atoms with E-state index >= 15 is 0 Å². The summed E-state index contributed by atoms with van der Waals surface area (Å²) in [6.07, 6.45) is 2.34. The van der Waals surface area contributed by atoms with E-state index in [0.29, 0.717) is 11.1 Å². The first kappa shape index (κ1) is 11.3. The fourth-order valence-corrected chi connectivity index (χ4v) is 2.08. The maximum atomic E-state index is 10.7. The molecule has 0 saturated heterocycles. The molecule has 2 rings (SSSR count). The second-order valence-corrected chi connectivity index (χ2v) is 4.56. The predicted octanol–water partition coefficient (Wildman–Crippen LogP) is 3.25. The van der Waals surface area contributed by atoms with Crippen molar-refractivity contribution in [3.05, 3.63) is 28.8 Å². The highest BCUT2D eigenvalue weighted by atomic mass is 35.5. The van der Waals surface area contributed by atoms with E-state index in [1.807, 2.05) is 0 Å². The van der Waals surface area contributed by atoms with Gasteiger partial charge in [0.1, 0.15) is 0 Å². The number of aromatic carboxylic acids is 1. The lowest BCUT2D eigenvalue weighted by atomic mass is 10.2. The lowest BCUT2D eigenvalue weighted by Gasteiger charge is -2.08. The Hall–Kier alpha value is -1.22. The average molecular weight is 240 g/mol. The zero-order valence-electron chi connectivity index (χ0n) is 9.03. The van der Waals surface area contributed by atoms with E-state index in [-0.39, 0.29) is 5.56 Å². The summed E-state index contributed by atoms with van der Waals surface area (Å²) < 4.78 is 0. The first-order valence-electron chi connectivity index (χ1n) is 5.41. The molecule has 1 aliphatic rings. The summed E-state index contributed by atoms with van der Waals surface area (Å²) in [6, 6.07) is 5.28. The maximum absolute atomic E-state index is 10.7. The van der Waals surface area contributed by atoms with Crippen molar-refractivity contribution in [3.8, 4) is 0 Å². The molecule has 0 bridgehead atoms. The van der Waals surface area contributed by atoms with Gasteiger partial charge < -0.3 is 10.4 Å². The van der Waals surface area contributed by atoms with Crippen molar-refractivity contribution in [2.24, 2.45) is 5.92 Å². The molecular formula is C12H14ClNO2. The van der Waals surface area contributed by atoms with Gasteiger partial charge in [0.2, 0.25) is 0 Å². The van der Waals surface area contributed by atoms with Crippen molar-refractivity contribution >= 4 is 23.3 Å². The summed E-state index contributed by atoms with van der Waals surface area (Å²) >= 11 is 6.01. The molecular weight excluding hydrogens is 226 g/mol. The number of hydrogen-bond donors (Lipinski definition) is 2. The molecule has 1 fully saturated rings. The molecule has 1 aliphatic carbocycles. The number of rotatable bonds is 4. The van der Waals surface area contributed by atoms with Crippen LogP contribution in [0, 0.1) is 5.92 Å². The Bertz CT molecular complexity index is 419. The zero-order chi connectivity index (χ0) is 11.7. The molecule has 16 heavy (non-hydrogen) atoms. The van der Waals surface area contributed by atoms with E-state index in [4.69, 9.17) is 16.7 Å². The van der Waals surface area contributed by atoms with Crippen molar-refractivity contribution in [2.45, 2.75) is 25.8 Å². The molecule has 1 saturated carbocycles. The van der Waals surface area contributed by atoms with E-state index in [1.165, 1.54) is 18.9 Å². The highest BCUT2D eigenvalue weighted by molar-refractivity contribution is 6.33. The van der Waals surface area contributed by atoms with Gasteiger partial charge in [-0.1, -0.05) is 24.9 Å². The molecule has 2 atom stereocenters. The second-order valence-electron chi connectivity index (χ2n) is 4.15. The summed E-state index contributed by atoms with van der Waals surface area (Å²) in [5.41, 5.74) is 1.05. The average Bonchev–Trinajstić information content (AvgIpc) is 2.99. The Morgan fingerprint density at radius 3 is 2.88 bits per heavy atom. The minimum absolute atomic E-state index is 0.221. The predicted molar refractivity (Wildman–Crippen MR) is 64.2 cm³/mol. The lowest BCUT2D eigenvalue weighted by Crippen LogP contribution is -2.05. The third-order valence-corrected chi connectivity index (χ3v) is 3.32. The number of carboxylic acid groups (broad SMARTS) is 1. The van der Waals surface area contributed by atoms with E-state index in [0.717, 1.165) is 11.6 Å². The van der Waals surface area contributed by atoms with Crippen molar-refractivity contribution in [1.29, 1.82) is 0 Å². The molecule has 0 aromatic heterocycles. The monoisotopic (exact) mass is 239 g/mol. The number of anilines is 1. The first-order chi connectivity index (χ1) is 7.61. The van der Waals surface area contributed by atoms with E-state index in [9.17, 15) is 4.79 Å². The summed E-state index contributed by atoms with van der Waals surface area (Å²) in [5.74, 6) is -0.221. The molecule has 1 aromatic rings. The lowest BCUT2D eigenvalue weighted by molar-refractivity contribution is 0.0697. The Kier molecular flexibility index (Phi) is 3.06. The Morgan fingerprint density at radius 2 is 2.38 bits per heavy atom. The van der Waals surface area contributed by atoms with Crippen LogP contribution in [0.4, 0.5) is 5.69 Å². The minimum Gasteiger partial charge on any atom is -0.478 e. The zero-order valence-corrected chi connectivity index (χ0v) is 9.79. The van der Waals surface area contributed by atoms with E-state index in [2.05, 4.69) is 12.2 Å². The second kappa shape index (κ2) is 4.34.